The fourth-order valence-electron chi connectivity index (χ4n) is 0.728. The molecule has 0 amide bonds. The minimum atomic E-state index is 0. The van der Waals surface area contributed by atoms with E-state index in [0.29, 0.717) is 24.8 Å². The molecule has 0 aliphatic heterocycles. The Morgan fingerprint density at radius 1 is 1.33 bits per heavy atom. The van der Waals surface area contributed by atoms with Crippen molar-refractivity contribution in [2.24, 2.45) is 11.5 Å². The van der Waals surface area contributed by atoms with Crippen molar-refractivity contribution in [1.29, 1.82) is 0 Å². The quantitative estimate of drug-likeness (QED) is 0.692. The molecule has 1 aromatic heterocycles. The third kappa shape index (κ3) is 3.17. The molecule has 0 bridgehead atoms. The van der Waals surface area contributed by atoms with Crippen molar-refractivity contribution in [2.45, 2.75) is 19.4 Å². The van der Waals surface area contributed by atoms with Crippen molar-refractivity contribution in [1.82, 2.24) is 10.1 Å². The zero-order valence-electron chi connectivity index (χ0n) is 6.69. The Labute approximate surface area is 76.9 Å². The van der Waals surface area contributed by atoms with Gasteiger partial charge in [-0.05, 0) is 13.0 Å². The molecule has 0 spiro atoms. The fourth-order valence-corrected chi connectivity index (χ4v) is 0.728. The lowest BCUT2D eigenvalue weighted by molar-refractivity contribution is 0.371. The lowest BCUT2D eigenvalue weighted by Gasteiger charge is -1.87. The summed E-state index contributed by atoms with van der Waals surface area (Å²) in [6.45, 7) is 0.965. The summed E-state index contributed by atoms with van der Waals surface area (Å²) < 4.78 is 4.86. The molecule has 0 fully saturated rings. The van der Waals surface area contributed by atoms with Gasteiger partial charge in [0.25, 0.3) is 0 Å². The predicted molar refractivity (Wildman–Crippen MR) is 46.8 cm³/mol. The number of hydrogen-bond acceptors (Lipinski definition) is 5. The first-order valence-corrected chi connectivity index (χ1v) is 3.58. The number of halogens is 1. The van der Waals surface area contributed by atoms with Crippen LogP contribution in [0.4, 0.5) is 0 Å². The Morgan fingerprint density at radius 3 is 2.58 bits per heavy atom. The van der Waals surface area contributed by atoms with Crippen LogP contribution < -0.4 is 11.5 Å². The van der Waals surface area contributed by atoms with Crippen LogP contribution in [-0.4, -0.2) is 16.7 Å². The maximum atomic E-state index is 5.30. The number of hydrogen-bond donors (Lipinski definition) is 2. The van der Waals surface area contributed by atoms with Crippen LogP contribution in [0.1, 0.15) is 18.1 Å². The number of rotatable bonds is 4. The highest BCUT2D eigenvalue weighted by Gasteiger charge is 2.02. The second-order valence-electron chi connectivity index (χ2n) is 2.20. The molecular weight excluding hydrogens is 180 g/mol. The summed E-state index contributed by atoms with van der Waals surface area (Å²) in [7, 11) is 0. The van der Waals surface area contributed by atoms with E-state index < -0.39 is 0 Å². The van der Waals surface area contributed by atoms with Crippen molar-refractivity contribution in [3.05, 3.63) is 11.7 Å². The van der Waals surface area contributed by atoms with Crippen LogP contribution in [0.15, 0.2) is 4.52 Å². The first kappa shape index (κ1) is 11.4. The average Bonchev–Trinajstić information content (AvgIpc) is 2.48. The summed E-state index contributed by atoms with van der Waals surface area (Å²) in [6.07, 6.45) is 1.61. The molecule has 6 heteroatoms. The molecule has 12 heavy (non-hydrogen) atoms. The summed E-state index contributed by atoms with van der Waals surface area (Å²) >= 11 is 0. The van der Waals surface area contributed by atoms with E-state index in [9.17, 15) is 0 Å². The molecule has 4 N–H and O–H groups in total. The van der Waals surface area contributed by atoms with E-state index in [1.165, 1.54) is 0 Å². The molecule has 1 rings (SSSR count). The maximum absolute atomic E-state index is 5.30. The topological polar surface area (TPSA) is 91.0 Å². The third-order valence-corrected chi connectivity index (χ3v) is 1.29. The van der Waals surface area contributed by atoms with Gasteiger partial charge in [0, 0.05) is 6.42 Å². The van der Waals surface area contributed by atoms with Gasteiger partial charge >= 0.3 is 0 Å². The summed E-state index contributed by atoms with van der Waals surface area (Å²) in [5, 5.41) is 3.64. The number of nitrogens with two attached hydrogens (primary N) is 2. The van der Waals surface area contributed by atoms with Crippen molar-refractivity contribution in [3.63, 3.8) is 0 Å². The van der Waals surface area contributed by atoms with E-state index >= 15 is 0 Å². The van der Waals surface area contributed by atoms with Crippen molar-refractivity contribution >= 4 is 12.4 Å². The molecule has 1 heterocycles. The first-order chi connectivity index (χ1) is 5.36. The number of aromatic nitrogens is 2. The van der Waals surface area contributed by atoms with E-state index in [1.807, 2.05) is 0 Å². The van der Waals surface area contributed by atoms with Gasteiger partial charge in [-0.3, -0.25) is 0 Å². The van der Waals surface area contributed by atoms with Crippen molar-refractivity contribution in [2.75, 3.05) is 6.54 Å². The molecule has 0 saturated carbocycles. The molecule has 0 saturated heterocycles. The van der Waals surface area contributed by atoms with Gasteiger partial charge in [0.05, 0.1) is 6.54 Å². The van der Waals surface area contributed by atoms with E-state index in [1.54, 1.807) is 0 Å². The Hall–Kier alpha value is -0.650. The molecular formula is C6H13ClN4O. The van der Waals surface area contributed by atoms with E-state index in [4.69, 9.17) is 16.0 Å². The van der Waals surface area contributed by atoms with Gasteiger partial charge in [0.2, 0.25) is 5.89 Å². The standard InChI is InChI=1S/C6H12N4O.ClH/c7-3-1-2-6-9-5(4-8)10-11-6;/h1-4,7-8H2;1H. The van der Waals surface area contributed by atoms with Crippen molar-refractivity contribution in [3.8, 4) is 0 Å². The first-order valence-electron chi connectivity index (χ1n) is 3.58. The molecule has 0 aliphatic carbocycles. The van der Waals surface area contributed by atoms with Crippen LogP contribution in [0.5, 0.6) is 0 Å². The van der Waals surface area contributed by atoms with Crippen LogP contribution in [0.2, 0.25) is 0 Å². The Kier molecular flexibility index (Phi) is 5.61. The largest absolute Gasteiger partial charge is 0.339 e. The summed E-state index contributed by atoms with van der Waals surface area (Å²) in [5.74, 6) is 1.17. The lowest BCUT2D eigenvalue weighted by atomic mass is 10.3. The SMILES string of the molecule is Cl.NCCCc1nc(CN)no1. The van der Waals surface area contributed by atoms with Crippen LogP contribution >= 0.6 is 12.4 Å². The zero-order valence-corrected chi connectivity index (χ0v) is 7.51. The van der Waals surface area contributed by atoms with Gasteiger partial charge in [-0.25, -0.2) is 0 Å². The molecule has 5 nitrogen and oxygen atoms in total. The highest BCUT2D eigenvalue weighted by molar-refractivity contribution is 5.85. The van der Waals surface area contributed by atoms with Crippen LogP contribution in [0, 0.1) is 0 Å². The number of nitrogens with zero attached hydrogens (tertiary/aromatic N) is 2. The highest BCUT2D eigenvalue weighted by Crippen LogP contribution is 1.98. The number of aryl methyl sites for hydroxylation is 1. The highest BCUT2D eigenvalue weighted by atomic mass is 35.5. The smallest absolute Gasteiger partial charge is 0.226 e. The molecule has 0 aromatic carbocycles. The Bertz CT molecular complexity index is 215. The minimum Gasteiger partial charge on any atom is -0.339 e. The molecule has 0 radical (unpaired) electrons. The van der Waals surface area contributed by atoms with Gasteiger partial charge < -0.3 is 16.0 Å². The van der Waals surface area contributed by atoms with E-state index in [2.05, 4.69) is 10.1 Å². The molecule has 0 atom stereocenters. The van der Waals surface area contributed by atoms with E-state index in [0.717, 1.165) is 12.8 Å². The second-order valence-corrected chi connectivity index (χ2v) is 2.20. The van der Waals surface area contributed by atoms with E-state index in [-0.39, 0.29) is 12.4 Å². The van der Waals surface area contributed by atoms with Gasteiger partial charge in [0.15, 0.2) is 5.82 Å². The van der Waals surface area contributed by atoms with Gasteiger partial charge in [-0.15, -0.1) is 12.4 Å². The predicted octanol–water partition coefficient (Wildman–Crippen LogP) is -0.159. The monoisotopic (exact) mass is 192 g/mol. The second kappa shape index (κ2) is 5.93. The maximum Gasteiger partial charge on any atom is 0.226 e. The zero-order chi connectivity index (χ0) is 8.10. The van der Waals surface area contributed by atoms with Gasteiger partial charge in [0.1, 0.15) is 0 Å². The normalized spacial score (nSPS) is 9.50. The van der Waals surface area contributed by atoms with Crippen molar-refractivity contribution < 1.29 is 4.52 Å². The lowest BCUT2D eigenvalue weighted by Crippen LogP contribution is -2.01. The average molecular weight is 193 g/mol. The van der Waals surface area contributed by atoms with Gasteiger partial charge in [-0.2, -0.15) is 4.98 Å². The fraction of sp³-hybridized carbons (Fsp3) is 0.667. The van der Waals surface area contributed by atoms with Crippen LogP contribution in [-0.2, 0) is 13.0 Å². The van der Waals surface area contributed by atoms with Crippen LogP contribution in [0.25, 0.3) is 0 Å². The van der Waals surface area contributed by atoms with Crippen LogP contribution in [0.3, 0.4) is 0 Å². The summed E-state index contributed by atoms with van der Waals surface area (Å²) in [6, 6.07) is 0. The molecule has 0 unspecified atom stereocenters. The third-order valence-electron chi connectivity index (χ3n) is 1.29. The Balaban J connectivity index is 0.00000121. The molecule has 70 valence electrons. The Morgan fingerprint density at radius 2 is 2.08 bits per heavy atom. The van der Waals surface area contributed by atoms with Gasteiger partial charge in [-0.1, -0.05) is 5.16 Å². The summed E-state index contributed by atoms with van der Waals surface area (Å²) in [4.78, 5) is 4.01. The molecule has 0 aliphatic rings. The minimum absolute atomic E-state index is 0. The summed E-state index contributed by atoms with van der Waals surface area (Å²) in [5.41, 5.74) is 10.6. The molecule has 1 aromatic rings.